The third-order valence-electron chi connectivity index (χ3n) is 4.20. The molecule has 0 aliphatic rings. The number of aromatic nitrogens is 1. The summed E-state index contributed by atoms with van der Waals surface area (Å²) in [7, 11) is 0. The Hall–Kier alpha value is -3.33. The van der Waals surface area contributed by atoms with Crippen molar-refractivity contribution in [2.75, 3.05) is 0 Å². The molecule has 0 saturated carbocycles. The molecule has 6 heteroatoms. The van der Waals surface area contributed by atoms with Crippen LogP contribution >= 0.6 is 0 Å². The van der Waals surface area contributed by atoms with Crippen molar-refractivity contribution < 1.29 is 13.2 Å². The number of hydrogen-bond acceptors (Lipinski definition) is 2. The second kappa shape index (κ2) is 7.12. The Morgan fingerprint density at radius 2 is 1.74 bits per heavy atom. The lowest BCUT2D eigenvalue weighted by Gasteiger charge is -2.12. The lowest BCUT2D eigenvalue weighted by atomic mass is 10.0. The van der Waals surface area contributed by atoms with Gasteiger partial charge in [0.2, 0.25) is 0 Å². The molecule has 0 atom stereocenters. The summed E-state index contributed by atoms with van der Waals surface area (Å²) in [4.78, 5) is 12.4. The zero-order valence-electron chi connectivity index (χ0n) is 14.4. The van der Waals surface area contributed by atoms with E-state index >= 15 is 0 Å². The number of alkyl halides is 3. The maximum atomic E-state index is 12.9. The highest BCUT2D eigenvalue weighted by molar-refractivity contribution is 5.64. The molecule has 0 aliphatic carbocycles. The van der Waals surface area contributed by atoms with Crippen LogP contribution in [-0.4, -0.2) is 4.57 Å². The van der Waals surface area contributed by atoms with Crippen LogP contribution in [0.3, 0.4) is 0 Å². The van der Waals surface area contributed by atoms with Gasteiger partial charge in [0, 0.05) is 6.20 Å². The van der Waals surface area contributed by atoms with Crippen molar-refractivity contribution in [3.63, 3.8) is 0 Å². The average molecular weight is 368 g/mol. The minimum Gasteiger partial charge on any atom is -0.309 e. The molecule has 0 fully saturated rings. The van der Waals surface area contributed by atoms with Crippen molar-refractivity contribution in [1.82, 2.24) is 4.57 Å². The Kier molecular flexibility index (Phi) is 4.87. The van der Waals surface area contributed by atoms with Crippen molar-refractivity contribution in [2.45, 2.75) is 19.6 Å². The molecule has 1 aromatic heterocycles. The minimum atomic E-state index is -4.46. The normalized spacial score (nSPS) is 11.2. The van der Waals surface area contributed by atoms with Gasteiger partial charge in [-0.1, -0.05) is 42.0 Å². The van der Waals surface area contributed by atoms with Crippen LogP contribution in [0.2, 0.25) is 0 Å². The molecule has 0 saturated heterocycles. The molecule has 136 valence electrons. The molecule has 27 heavy (non-hydrogen) atoms. The molecular weight excluding hydrogens is 353 g/mol. The van der Waals surface area contributed by atoms with Gasteiger partial charge in [0.1, 0.15) is 11.6 Å². The van der Waals surface area contributed by atoms with Gasteiger partial charge in [-0.2, -0.15) is 18.4 Å². The van der Waals surface area contributed by atoms with Crippen LogP contribution < -0.4 is 5.56 Å². The second-order valence-corrected chi connectivity index (χ2v) is 6.25. The molecule has 2 aromatic carbocycles. The summed E-state index contributed by atoms with van der Waals surface area (Å²) in [5.74, 6) is 0. The van der Waals surface area contributed by atoms with E-state index in [2.05, 4.69) is 0 Å². The summed E-state index contributed by atoms with van der Waals surface area (Å²) in [5, 5.41) is 9.26. The zero-order chi connectivity index (χ0) is 19.6. The molecule has 0 amide bonds. The standard InChI is InChI=1S/C21H15F3N2O/c1-14-5-7-16(8-6-14)18-10-17(11-25)20(27)26(13-18)12-15-3-2-4-19(9-15)21(22,23)24/h2-10,13H,12H2,1H3. The second-order valence-electron chi connectivity index (χ2n) is 6.25. The molecule has 0 aliphatic heterocycles. The van der Waals surface area contributed by atoms with Gasteiger partial charge in [0.15, 0.2) is 0 Å². The summed E-state index contributed by atoms with van der Waals surface area (Å²) in [5.41, 5.74) is 1.50. The first-order valence-corrected chi connectivity index (χ1v) is 8.16. The van der Waals surface area contributed by atoms with Gasteiger partial charge in [-0.15, -0.1) is 0 Å². The SMILES string of the molecule is Cc1ccc(-c2cc(C#N)c(=O)n(Cc3cccc(C(F)(F)F)c3)c2)cc1. The molecule has 0 bridgehead atoms. The minimum absolute atomic E-state index is 0.0555. The van der Waals surface area contributed by atoms with Gasteiger partial charge in [0.25, 0.3) is 5.56 Å². The third-order valence-corrected chi connectivity index (χ3v) is 4.20. The van der Waals surface area contributed by atoms with Crippen molar-refractivity contribution >= 4 is 0 Å². The molecule has 3 nitrogen and oxygen atoms in total. The number of benzene rings is 2. The third kappa shape index (κ3) is 4.09. The zero-order valence-corrected chi connectivity index (χ0v) is 14.4. The van der Waals surface area contributed by atoms with Crippen LogP contribution in [0, 0.1) is 18.3 Å². The summed E-state index contributed by atoms with van der Waals surface area (Å²) >= 11 is 0. The predicted octanol–water partition coefficient (Wildman–Crippen LogP) is 4.76. The monoisotopic (exact) mass is 368 g/mol. The van der Waals surface area contributed by atoms with Crippen LogP contribution in [0.1, 0.15) is 22.3 Å². The van der Waals surface area contributed by atoms with E-state index in [1.54, 1.807) is 6.20 Å². The Morgan fingerprint density at radius 3 is 2.37 bits per heavy atom. The first-order valence-electron chi connectivity index (χ1n) is 8.16. The number of aryl methyl sites for hydroxylation is 1. The Morgan fingerprint density at radius 1 is 1.04 bits per heavy atom. The lowest BCUT2D eigenvalue weighted by molar-refractivity contribution is -0.137. The number of pyridine rings is 1. The average Bonchev–Trinajstić information content (AvgIpc) is 2.63. The molecule has 1 heterocycles. The molecule has 0 N–H and O–H groups in total. The number of nitrogens with zero attached hydrogens (tertiary/aromatic N) is 2. The van der Waals surface area contributed by atoms with Gasteiger partial charge in [-0.3, -0.25) is 4.79 Å². The number of hydrogen-bond donors (Lipinski definition) is 0. The van der Waals surface area contributed by atoms with E-state index in [1.807, 2.05) is 37.3 Å². The summed E-state index contributed by atoms with van der Waals surface area (Å²) < 4.78 is 40.0. The van der Waals surface area contributed by atoms with Gasteiger partial charge in [-0.25, -0.2) is 0 Å². The van der Waals surface area contributed by atoms with Crippen LogP contribution in [0.4, 0.5) is 13.2 Å². The Labute approximate surface area is 153 Å². The van der Waals surface area contributed by atoms with E-state index in [-0.39, 0.29) is 12.1 Å². The van der Waals surface area contributed by atoms with Crippen LogP contribution in [0.5, 0.6) is 0 Å². The smallest absolute Gasteiger partial charge is 0.309 e. The fourth-order valence-electron chi connectivity index (χ4n) is 2.78. The molecule has 0 unspecified atom stereocenters. The highest BCUT2D eigenvalue weighted by Gasteiger charge is 2.30. The van der Waals surface area contributed by atoms with Crippen LogP contribution in [0.25, 0.3) is 11.1 Å². The van der Waals surface area contributed by atoms with Crippen molar-refractivity contribution in [1.29, 1.82) is 5.26 Å². The Bertz CT molecular complexity index is 1070. The van der Waals surface area contributed by atoms with E-state index in [0.29, 0.717) is 11.1 Å². The summed E-state index contributed by atoms with van der Waals surface area (Å²) in [6.07, 6.45) is -2.89. The van der Waals surface area contributed by atoms with Gasteiger partial charge < -0.3 is 4.57 Å². The maximum absolute atomic E-state index is 12.9. The van der Waals surface area contributed by atoms with Gasteiger partial charge >= 0.3 is 6.18 Å². The first kappa shape index (κ1) is 18.5. The van der Waals surface area contributed by atoms with Crippen LogP contribution in [-0.2, 0) is 12.7 Å². The van der Waals surface area contributed by atoms with Crippen molar-refractivity contribution in [3.05, 3.63) is 93.4 Å². The summed E-state index contributed by atoms with van der Waals surface area (Å²) in [6, 6.07) is 15.7. The first-order chi connectivity index (χ1) is 12.8. The highest BCUT2D eigenvalue weighted by atomic mass is 19.4. The summed E-state index contributed by atoms with van der Waals surface area (Å²) in [6.45, 7) is 1.89. The fourth-order valence-corrected chi connectivity index (χ4v) is 2.78. The maximum Gasteiger partial charge on any atom is 0.416 e. The van der Waals surface area contributed by atoms with E-state index in [0.717, 1.165) is 23.3 Å². The van der Waals surface area contributed by atoms with E-state index in [4.69, 9.17) is 0 Å². The highest BCUT2D eigenvalue weighted by Crippen LogP contribution is 2.29. The number of halogens is 3. The molecule has 3 aromatic rings. The number of nitriles is 1. The van der Waals surface area contributed by atoms with Crippen molar-refractivity contribution in [3.8, 4) is 17.2 Å². The van der Waals surface area contributed by atoms with Gasteiger partial charge in [-0.05, 0) is 41.8 Å². The molecule has 0 radical (unpaired) electrons. The lowest BCUT2D eigenvalue weighted by Crippen LogP contribution is -2.23. The molecule has 3 rings (SSSR count). The largest absolute Gasteiger partial charge is 0.416 e. The molecular formula is C21H15F3N2O. The fraction of sp³-hybridized carbons (Fsp3) is 0.143. The quantitative estimate of drug-likeness (QED) is 0.669. The Balaban J connectivity index is 2.05. The topological polar surface area (TPSA) is 45.8 Å². The predicted molar refractivity (Wildman–Crippen MR) is 96.1 cm³/mol. The van der Waals surface area contributed by atoms with Crippen molar-refractivity contribution in [2.24, 2.45) is 0 Å². The number of rotatable bonds is 3. The van der Waals surface area contributed by atoms with E-state index < -0.39 is 17.3 Å². The van der Waals surface area contributed by atoms with Gasteiger partial charge in [0.05, 0.1) is 12.1 Å². The van der Waals surface area contributed by atoms with E-state index in [1.165, 1.54) is 22.8 Å². The van der Waals surface area contributed by atoms with E-state index in [9.17, 15) is 23.2 Å². The van der Waals surface area contributed by atoms with Crippen LogP contribution in [0.15, 0.2) is 65.6 Å². The molecule has 0 spiro atoms.